The molecule has 6 nitrogen and oxygen atoms in total. The summed E-state index contributed by atoms with van der Waals surface area (Å²) in [5, 5.41) is 0. The fourth-order valence-electron chi connectivity index (χ4n) is 2.29. The number of amides is 1. The van der Waals surface area contributed by atoms with Crippen molar-refractivity contribution in [3.8, 4) is 0 Å². The summed E-state index contributed by atoms with van der Waals surface area (Å²) in [6, 6.07) is 0. The molecule has 1 aliphatic rings. The molecule has 110 valence electrons. The van der Waals surface area contributed by atoms with Crippen molar-refractivity contribution in [1.29, 1.82) is 0 Å². The van der Waals surface area contributed by atoms with Gasteiger partial charge in [-0.2, -0.15) is 0 Å². The van der Waals surface area contributed by atoms with E-state index in [0.29, 0.717) is 24.6 Å². The van der Waals surface area contributed by atoms with E-state index in [2.05, 4.69) is 26.8 Å². The predicted octanol–water partition coefficient (Wildman–Crippen LogP) is 0.710. The molecule has 0 N–H and O–H groups in total. The monoisotopic (exact) mass is 277 g/mol. The second-order valence-corrected chi connectivity index (χ2v) is 5.04. The van der Waals surface area contributed by atoms with E-state index in [1.165, 1.54) is 0 Å². The largest absolute Gasteiger partial charge is 0.339 e. The Labute approximate surface area is 120 Å². The van der Waals surface area contributed by atoms with E-state index < -0.39 is 0 Å². The number of hydrogen-bond donors (Lipinski definition) is 0. The van der Waals surface area contributed by atoms with Crippen LogP contribution >= 0.6 is 0 Å². The van der Waals surface area contributed by atoms with Gasteiger partial charge in [-0.1, -0.05) is 0 Å². The van der Waals surface area contributed by atoms with Gasteiger partial charge < -0.3 is 14.7 Å². The summed E-state index contributed by atoms with van der Waals surface area (Å²) in [5.41, 5.74) is 0.562. The molecule has 1 aromatic heterocycles. The van der Waals surface area contributed by atoms with Crippen molar-refractivity contribution in [3.05, 3.63) is 18.0 Å². The summed E-state index contributed by atoms with van der Waals surface area (Å²) in [5.74, 6) is 0.717. The zero-order valence-electron chi connectivity index (χ0n) is 12.5. The Bertz CT molecular complexity index is 435. The first kappa shape index (κ1) is 14.7. The van der Waals surface area contributed by atoms with Crippen LogP contribution in [0.3, 0.4) is 0 Å². The Hall–Kier alpha value is -1.69. The summed E-state index contributed by atoms with van der Waals surface area (Å²) in [6.45, 7) is 9.25. The summed E-state index contributed by atoms with van der Waals surface area (Å²) in [7, 11) is 2.12. The lowest BCUT2D eigenvalue weighted by atomic mass is 10.3. The third-order valence-corrected chi connectivity index (χ3v) is 3.72. The average molecular weight is 277 g/mol. The molecule has 20 heavy (non-hydrogen) atoms. The van der Waals surface area contributed by atoms with Crippen LogP contribution in [0.1, 0.15) is 24.2 Å². The first-order chi connectivity index (χ1) is 9.65. The van der Waals surface area contributed by atoms with Crippen LogP contribution in [-0.2, 0) is 0 Å². The molecule has 1 saturated heterocycles. The van der Waals surface area contributed by atoms with Crippen molar-refractivity contribution < 1.29 is 4.79 Å². The molecule has 0 unspecified atom stereocenters. The highest BCUT2D eigenvalue weighted by Gasteiger charge is 2.18. The van der Waals surface area contributed by atoms with E-state index >= 15 is 0 Å². The molecule has 2 heterocycles. The number of likely N-dealkylation sites (N-methyl/N-ethyl adjacent to an activating group) is 1. The quantitative estimate of drug-likeness (QED) is 0.811. The molecule has 0 spiro atoms. The summed E-state index contributed by atoms with van der Waals surface area (Å²) < 4.78 is 0. The van der Waals surface area contributed by atoms with Crippen LogP contribution in [0, 0.1) is 0 Å². The lowest BCUT2D eigenvalue weighted by Gasteiger charge is -2.32. The van der Waals surface area contributed by atoms with Crippen molar-refractivity contribution in [2.75, 3.05) is 51.2 Å². The number of carbonyl (C=O) groups excluding carboxylic acids is 1. The highest BCUT2D eigenvalue weighted by molar-refractivity contribution is 5.93. The van der Waals surface area contributed by atoms with Gasteiger partial charge in [-0.15, -0.1) is 0 Å². The molecule has 6 heteroatoms. The topological polar surface area (TPSA) is 52.6 Å². The Balaban J connectivity index is 2.04. The molecular formula is C14H23N5O. The highest BCUT2D eigenvalue weighted by Crippen LogP contribution is 2.11. The van der Waals surface area contributed by atoms with Crippen LogP contribution in [0.25, 0.3) is 0 Å². The van der Waals surface area contributed by atoms with Gasteiger partial charge in [0.25, 0.3) is 5.91 Å². The summed E-state index contributed by atoms with van der Waals surface area (Å²) in [4.78, 5) is 27.1. The van der Waals surface area contributed by atoms with Crippen LogP contribution in [0.15, 0.2) is 12.4 Å². The fraction of sp³-hybridized carbons (Fsp3) is 0.643. The Kier molecular flexibility index (Phi) is 4.89. The molecule has 0 atom stereocenters. The Morgan fingerprint density at radius 3 is 2.20 bits per heavy atom. The molecule has 0 aromatic carbocycles. The van der Waals surface area contributed by atoms with Crippen LogP contribution < -0.4 is 4.90 Å². The van der Waals surface area contributed by atoms with Gasteiger partial charge in [0, 0.05) is 51.7 Å². The molecule has 2 rings (SSSR count). The minimum atomic E-state index is -0.0000671. The Morgan fingerprint density at radius 1 is 1.15 bits per heavy atom. The Morgan fingerprint density at radius 2 is 1.70 bits per heavy atom. The van der Waals surface area contributed by atoms with Crippen molar-refractivity contribution in [1.82, 2.24) is 19.8 Å². The van der Waals surface area contributed by atoms with Crippen LogP contribution in [0.2, 0.25) is 0 Å². The average Bonchev–Trinajstić information content (AvgIpc) is 2.49. The third-order valence-electron chi connectivity index (χ3n) is 3.72. The standard InChI is InChI=1S/C14H23N5O/c1-4-18(5-2)13(20)12-10-15-14(16-11-12)19-8-6-17(3)7-9-19/h10-11H,4-9H2,1-3H3. The summed E-state index contributed by atoms with van der Waals surface area (Å²) >= 11 is 0. The van der Waals surface area contributed by atoms with E-state index in [9.17, 15) is 4.79 Å². The lowest BCUT2D eigenvalue weighted by molar-refractivity contribution is 0.0772. The van der Waals surface area contributed by atoms with Gasteiger partial charge in [0.2, 0.25) is 5.95 Å². The normalized spacial score (nSPS) is 16.2. The molecule has 0 aliphatic carbocycles. The van der Waals surface area contributed by atoms with Crippen LogP contribution in [0.5, 0.6) is 0 Å². The third kappa shape index (κ3) is 3.25. The van der Waals surface area contributed by atoms with Crippen LogP contribution in [-0.4, -0.2) is 72.0 Å². The number of anilines is 1. The number of piperazine rings is 1. The number of aromatic nitrogens is 2. The van der Waals surface area contributed by atoms with Gasteiger partial charge in [0.05, 0.1) is 5.56 Å². The second-order valence-electron chi connectivity index (χ2n) is 5.04. The van der Waals surface area contributed by atoms with E-state index in [-0.39, 0.29) is 5.91 Å². The number of nitrogens with zero attached hydrogens (tertiary/aromatic N) is 5. The molecular weight excluding hydrogens is 254 g/mol. The zero-order valence-corrected chi connectivity index (χ0v) is 12.5. The molecule has 1 fully saturated rings. The molecule has 0 saturated carbocycles. The van der Waals surface area contributed by atoms with Crippen molar-refractivity contribution in [2.24, 2.45) is 0 Å². The molecule has 0 bridgehead atoms. The predicted molar refractivity (Wildman–Crippen MR) is 79.0 cm³/mol. The van der Waals surface area contributed by atoms with E-state index in [0.717, 1.165) is 26.2 Å². The number of carbonyl (C=O) groups is 1. The molecule has 1 aromatic rings. The maximum absolute atomic E-state index is 12.2. The van der Waals surface area contributed by atoms with E-state index in [4.69, 9.17) is 0 Å². The zero-order chi connectivity index (χ0) is 14.5. The van der Waals surface area contributed by atoms with Crippen molar-refractivity contribution in [3.63, 3.8) is 0 Å². The molecule has 1 aliphatic heterocycles. The van der Waals surface area contributed by atoms with Gasteiger partial charge in [-0.05, 0) is 20.9 Å². The lowest BCUT2D eigenvalue weighted by Crippen LogP contribution is -2.45. The van der Waals surface area contributed by atoms with Gasteiger partial charge in [0.1, 0.15) is 0 Å². The maximum atomic E-state index is 12.2. The van der Waals surface area contributed by atoms with E-state index in [1.807, 2.05) is 13.8 Å². The maximum Gasteiger partial charge on any atom is 0.256 e. The second kappa shape index (κ2) is 6.65. The van der Waals surface area contributed by atoms with Crippen molar-refractivity contribution in [2.45, 2.75) is 13.8 Å². The molecule has 0 radical (unpaired) electrons. The van der Waals surface area contributed by atoms with Crippen molar-refractivity contribution >= 4 is 11.9 Å². The SMILES string of the molecule is CCN(CC)C(=O)c1cnc(N2CCN(C)CC2)nc1. The number of rotatable bonds is 4. The number of hydrogen-bond acceptors (Lipinski definition) is 5. The minimum absolute atomic E-state index is 0.0000671. The van der Waals surface area contributed by atoms with Crippen LogP contribution in [0.4, 0.5) is 5.95 Å². The van der Waals surface area contributed by atoms with Gasteiger partial charge in [-0.25, -0.2) is 9.97 Å². The van der Waals surface area contributed by atoms with E-state index in [1.54, 1.807) is 17.3 Å². The molecule has 1 amide bonds. The smallest absolute Gasteiger partial charge is 0.256 e. The first-order valence-electron chi connectivity index (χ1n) is 7.20. The fourth-order valence-corrected chi connectivity index (χ4v) is 2.29. The van der Waals surface area contributed by atoms with Gasteiger partial charge in [-0.3, -0.25) is 4.79 Å². The first-order valence-corrected chi connectivity index (χ1v) is 7.20. The van der Waals surface area contributed by atoms with Gasteiger partial charge in [0.15, 0.2) is 0 Å². The highest BCUT2D eigenvalue weighted by atomic mass is 16.2. The minimum Gasteiger partial charge on any atom is -0.339 e. The summed E-state index contributed by atoms with van der Waals surface area (Å²) in [6.07, 6.45) is 3.28. The van der Waals surface area contributed by atoms with Gasteiger partial charge >= 0.3 is 0 Å².